The number of primary amides is 1. The molecule has 57 heavy (non-hydrogen) atoms. The second-order valence-electron chi connectivity index (χ2n) is 13.2. The summed E-state index contributed by atoms with van der Waals surface area (Å²) < 4.78 is 0. The molecule has 6 amide bonds. The zero-order valence-corrected chi connectivity index (χ0v) is 30.9. The Kier molecular flexibility index (Phi) is 16.7. The molecule has 13 N–H and O–H groups in total. The molecule has 306 valence electrons. The fourth-order valence-electron chi connectivity index (χ4n) is 5.65. The zero-order chi connectivity index (χ0) is 42.2. The van der Waals surface area contributed by atoms with Crippen molar-refractivity contribution in [3.8, 4) is 0 Å². The molecule has 6 atom stereocenters. The summed E-state index contributed by atoms with van der Waals surface area (Å²) in [6, 6.07) is 6.65. The van der Waals surface area contributed by atoms with Gasteiger partial charge in [-0.1, -0.05) is 48.5 Å². The standard InChI is InChI=1S/C37H46N8O12/c1-19(32(51)44-27(15-20-7-3-2-4-8-20)36(55)43-26(37(56)57)11-13-29(39)46)41-35(54)28(16-21-18-40-24-10-6-5-9-22(21)24)45-34(53)25(12-14-30(47)48)42-33(52)23(38)17-31(49)50/h2-10,18-19,23,25-28,40H,11-17,38H2,1H3,(H2,39,46)(H,41,54)(H,42,52)(H,43,55)(H,44,51)(H,45,53)(H,47,48)(H,49,50)(H,56,57)/t19-,23-,25-,26-,27-,28-/m0/s1. The molecule has 0 aliphatic heterocycles. The van der Waals surface area contributed by atoms with Crippen LogP contribution in [0.2, 0.25) is 0 Å². The molecule has 0 saturated carbocycles. The number of fused-ring (bicyclic) bond motifs is 1. The number of aromatic amines is 1. The van der Waals surface area contributed by atoms with E-state index in [4.69, 9.17) is 16.6 Å². The van der Waals surface area contributed by atoms with Crippen molar-refractivity contribution in [2.75, 3.05) is 0 Å². The number of benzene rings is 2. The minimum Gasteiger partial charge on any atom is -0.481 e. The quantitative estimate of drug-likeness (QED) is 0.0517. The van der Waals surface area contributed by atoms with Crippen LogP contribution in [0.5, 0.6) is 0 Å². The Labute approximate surface area is 325 Å². The predicted octanol–water partition coefficient (Wildman–Crippen LogP) is -1.59. The smallest absolute Gasteiger partial charge is 0.326 e. The third kappa shape index (κ3) is 14.4. The lowest BCUT2D eigenvalue weighted by Crippen LogP contribution is -2.59. The molecule has 0 saturated heterocycles. The van der Waals surface area contributed by atoms with Crippen LogP contribution in [0, 0.1) is 0 Å². The van der Waals surface area contributed by atoms with Gasteiger partial charge in [0.15, 0.2) is 0 Å². The molecular weight excluding hydrogens is 748 g/mol. The highest BCUT2D eigenvalue weighted by Crippen LogP contribution is 2.19. The number of aliphatic carboxylic acids is 3. The Balaban J connectivity index is 1.86. The van der Waals surface area contributed by atoms with Crippen LogP contribution in [-0.2, 0) is 56.0 Å². The van der Waals surface area contributed by atoms with Gasteiger partial charge in [-0.25, -0.2) is 4.79 Å². The molecule has 20 heteroatoms. The van der Waals surface area contributed by atoms with Gasteiger partial charge in [0.25, 0.3) is 0 Å². The number of hydrogen-bond acceptors (Lipinski definition) is 10. The lowest BCUT2D eigenvalue weighted by Gasteiger charge is -2.26. The molecule has 0 spiro atoms. The Bertz CT molecular complexity index is 1950. The van der Waals surface area contributed by atoms with Gasteiger partial charge in [0, 0.05) is 42.8 Å². The molecule has 3 rings (SSSR count). The average Bonchev–Trinajstić information content (AvgIpc) is 3.56. The molecule has 0 radical (unpaired) electrons. The highest BCUT2D eigenvalue weighted by molar-refractivity contribution is 5.97. The van der Waals surface area contributed by atoms with Gasteiger partial charge in [0.1, 0.15) is 30.2 Å². The van der Waals surface area contributed by atoms with Crippen molar-refractivity contribution in [2.24, 2.45) is 11.5 Å². The second-order valence-corrected chi connectivity index (χ2v) is 13.2. The predicted molar refractivity (Wildman–Crippen MR) is 201 cm³/mol. The topological polar surface area (TPSA) is 342 Å². The van der Waals surface area contributed by atoms with E-state index in [1.54, 1.807) is 60.8 Å². The summed E-state index contributed by atoms with van der Waals surface area (Å²) in [5.74, 6) is -9.66. The van der Waals surface area contributed by atoms with Gasteiger partial charge in [0.05, 0.1) is 12.5 Å². The average molecular weight is 795 g/mol. The van der Waals surface area contributed by atoms with Crippen LogP contribution in [0.25, 0.3) is 10.9 Å². The maximum absolute atomic E-state index is 13.9. The maximum Gasteiger partial charge on any atom is 0.326 e. The normalized spacial score (nSPS) is 14.1. The van der Waals surface area contributed by atoms with E-state index in [1.165, 1.54) is 6.92 Å². The molecule has 1 aromatic heterocycles. The zero-order valence-electron chi connectivity index (χ0n) is 30.9. The van der Waals surface area contributed by atoms with E-state index in [0.717, 1.165) is 0 Å². The fraction of sp³-hybridized carbons (Fsp3) is 0.378. The van der Waals surface area contributed by atoms with Crippen molar-refractivity contribution < 1.29 is 58.5 Å². The number of para-hydroxylation sites is 1. The molecule has 20 nitrogen and oxygen atoms in total. The van der Waals surface area contributed by atoms with Crippen LogP contribution in [-0.4, -0.2) is 110 Å². The number of rotatable bonds is 23. The Morgan fingerprint density at radius 1 is 0.632 bits per heavy atom. The number of carbonyl (C=O) groups is 9. The van der Waals surface area contributed by atoms with Crippen molar-refractivity contribution in [3.05, 3.63) is 71.9 Å². The first-order chi connectivity index (χ1) is 26.9. The van der Waals surface area contributed by atoms with Gasteiger partial charge in [-0.05, 0) is 37.0 Å². The third-order valence-corrected chi connectivity index (χ3v) is 8.70. The summed E-state index contributed by atoms with van der Waals surface area (Å²) in [6.45, 7) is 1.29. The van der Waals surface area contributed by atoms with E-state index >= 15 is 0 Å². The van der Waals surface area contributed by atoms with Crippen LogP contribution in [0.1, 0.15) is 50.2 Å². The number of aromatic nitrogens is 1. The number of hydrogen-bond donors (Lipinski definition) is 11. The minimum absolute atomic E-state index is 0.0972. The van der Waals surface area contributed by atoms with E-state index in [1.807, 2.05) is 0 Å². The fourth-order valence-corrected chi connectivity index (χ4v) is 5.65. The Hall–Kier alpha value is -6.83. The van der Waals surface area contributed by atoms with E-state index in [0.29, 0.717) is 22.0 Å². The summed E-state index contributed by atoms with van der Waals surface area (Å²) in [5, 5.41) is 40.7. The summed E-state index contributed by atoms with van der Waals surface area (Å²) in [5.41, 5.74) is 12.6. The molecule has 0 aliphatic carbocycles. The highest BCUT2D eigenvalue weighted by Gasteiger charge is 2.33. The van der Waals surface area contributed by atoms with Crippen molar-refractivity contribution >= 4 is 64.3 Å². The maximum atomic E-state index is 13.9. The monoisotopic (exact) mass is 794 g/mol. The Morgan fingerprint density at radius 2 is 1.18 bits per heavy atom. The number of carbonyl (C=O) groups excluding carboxylic acids is 6. The van der Waals surface area contributed by atoms with Crippen LogP contribution < -0.4 is 38.1 Å². The molecule has 2 aromatic carbocycles. The first-order valence-electron chi connectivity index (χ1n) is 17.8. The molecule has 3 aromatic rings. The highest BCUT2D eigenvalue weighted by atomic mass is 16.4. The van der Waals surface area contributed by atoms with Gasteiger partial charge >= 0.3 is 17.9 Å². The van der Waals surface area contributed by atoms with Gasteiger partial charge < -0.3 is 58.4 Å². The van der Waals surface area contributed by atoms with Gasteiger partial charge in [-0.15, -0.1) is 0 Å². The summed E-state index contributed by atoms with van der Waals surface area (Å²) in [6.07, 6.45) is -1.15. The Morgan fingerprint density at radius 3 is 1.81 bits per heavy atom. The molecule has 0 fully saturated rings. The molecule has 0 aliphatic rings. The van der Waals surface area contributed by atoms with E-state index in [9.17, 15) is 53.4 Å². The van der Waals surface area contributed by atoms with Gasteiger partial charge in [-0.2, -0.15) is 0 Å². The first-order valence-corrected chi connectivity index (χ1v) is 17.8. The van der Waals surface area contributed by atoms with E-state index in [-0.39, 0.29) is 25.7 Å². The van der Waals surface area contributed by atoms with Crippen LogP contribution in [0.4, 0.5) is 0 Å². The number of carboxylic acid groups (broad SMARTS) is 3. The second kappa shape index (κ2) is 21.3. The minimum atomic E-state index is -1.58. The van der Waals surface area contributed by atoms with Crippen molar-refractivity contribution in [3.63, 3.8) is 0 Å². The van der Waals surface area contributed by atoms with E-state index in [2.05, 4.69) is 31.6 Å². The summed E-state index contributed by atoms with van der Waals surface area (Å²) in [4.78, 5) is 116. The van der Waals surface area contributed by atoms with Gasteiger partial charge in [0.2, 0.25) is 35.4 Å². The van der Waals surface area contributed by atoms with Crippen molar-refractivity contribution in [1.29, 1.82) is 0 Å². The van der Waals surface area contributed by atoms with Crippen molar-refractivity contribution in [1.82, 2.24) is 31.6 Å². The number of nitrogens with two attached hydrogens (primary N) is 2. The lowest BCUT2D eigenvalue weighted by molar-refractivity contribution is -0.142. The summed E-state index contributed by atoms with van der Waals surface area (Å²) >= 11 is 0. The molecule has 0 bridgehead atoms. The van der Waals surface area contributed by atoms with Crippen molar-refractivity contribution in [2.45, 2.75) is 88.1 Å². The number of carboxylic acids is 3. The summed E-state index contributed by atoms with van der Waals surface area (Å²) in [7, 11) is 0. The number of H-pyrrole nitrogens is 1. The molecule has 1 heterocycles. The molecular formula is C37H46N8O12. The number of nitrogens with one attached hydrogen (secondary N) is 6. The van der Waals surface area contributed by atoms with Gasteiger partial charge in [-0.3, -0.25) is 38.4 Å². The van der Waals surface area contributed by atoms with Crippen LogP contribution in [0.3, 0.4) is 0 Å². The number of amides is 6. The first kappa shape index (κ1) is 44.6. The third-order valence-electron chi connectivity index (χ3n) is 8.70. The lowest BCUT2D eigenvalue weighted by atomic mass is 10.0. The van der Waals surface area contributed by atoms with E-state index < -0.39 is 109 Å². The van der Waals surface area contributed by atoms with Crippen LogP contribution >= 0.6 is 0 Å². The molecule has 0 unspecified atom stereocenters. The largest absolute Gasteiger partial charge is 0.481 e. The SMILES string of the molecule is C[C@H](NC(=O)[C@H](Cc1c[nH]c2ccccc12)NC(=O)[C@H](CCC(=O)O)NC(=O)[C@@H](N)CC(=O)O)C(=O)N[C@@H](Cc1ccccc1)C(=O)N[C@@H](CCC(N)=O)C(=O)O. The van der Waals surface area contributed by atoms with Crippen LogP contribution in [0.15, 0.2) is 60.8 Å².